The molecule has 0 amide bonds. The van der Waals surface area contributed by atoms with Crippen LogP contribution < -0.4 is 0 Å². The van der Waals surface area contributed by atoms with Crippen molar-refractivity contribution in [1.82, 2.24) is 4.90 Å². The number of nitrogens with zero attached hydrogens (tertiary/aromatic N) is 1. The molecule has 7 heteroatoms. The van der Waals surface area contributed by atoms with Crippen molar-refractivity contribution in [2.75, 3.05) is 6.61 Å². The van der Waals surface area contributed by atoms with E-state index in [9.17, 15) is 23.1 Å². The van der Waals surface area contributed by atoms with Gasteiger partial charge in [0.2, 0.25) is 0 Å². The number of aliphatic hydroxyl groups excluding tert-OH is 1. The Labute approximate surface area is 216 Å². The van der Waals surface area contributed by atoms with Crippen LogP contribution in [0.2, 0.25) is 0 Å². The van der Waals surface area contributed by atoms with Crippen LogP contribution in [0, 0.1) is 0 Å². The number of allylic oxidation sites excluding steroid dienone is 1. The molecule has 196 valence electrons. The van der Waals surface area contributed by atoms with Gasteiger partial charge in [-0.05, 0) is 48.6 Å². The summed E-state index contributed by atoms with van der Waals surface area (Å²) in [5.74, 6) is -0.437. The molecule has 37 heavy (non-hydrogen) atoms. The van der Waals surface area contributed by atoms with E-state index in [-0.39, 0.29) is 6.61 Å². The fourth-order valence-corrected chi connectivity index (χ4v) is 4.19. The molecule has 0 radical (unpaired) electrons. The van der Waals surface area contributed by atoms with Crippen molar-refractivity contribution in [3.63, 3.8) is 0 Å². The first-order chi connectivity index (χ1) is 17.8. The molecule has 0 aliphatic heterocycles. The molecule has 3 aromatic carbocycles. The lowest BCUT2D eigenvalue weighted by atomic mass is 9.94. The lowest BCUT2D eigenvalue weighted by Crippen LogP contribution is -2.39. The predicted octanol–water partition coefficient (Wildman–Crippen LogP) is 6.71. The Morgan fingerprint density at radius 1 is 0.919 bits per heavy atom. The topological polar surface area (TPSA) is 49.8 Å². The van der Waals surface area contributed by atoms with Crippen molar-refractivity contribution in [1.29, 1.82) is 0 Å². The molecule has 0 heterocycles. The van der Waals surface area contributed by atoms with Crippen molar-refractivity contribution >= 4 is 5.97 Å². The molecular weight excluding hydrogens is 479 g/mol. The van der Waals surface area contributed by atoms with E-state index in [4.69, 9.17) is 4.74 Å². The Morgan fingerprint density at radius 2 is 1.46 bits per heavy atom. The predicted molar refractivity (Wildman–Crippen MR) is 137 cm³/mol. The minimum atomic E-state index is -4.45. The van der Waals surface area contributed by atoms with E-state index in [1.165, 1.54) is 18.2 Å². The minimum absolute atomic E-state index is 0.278. The average Bonchev–Trinajstić information content (AvgIpc) is 2.89. The number of hydrogen-bond donors (Lipinski definition) is 1. The molecule has 0 fully saturated rings. The fraction of sp³-hybridized carbons (Fsp3) is 0.300. The van der Waals surface area contributed by atoms with Gasteiger partial charge in [0.1, 0.15) is 0 Å². The largest absolute Gasteiger partial charge is 0.463 e. The molecule has 1 N–H and O–H groups in total. The third-order valence-corrected chi connectivity index (χ3v) is 6.04. The number of alkyl halides is 3. The number of aliphatic hydroxyl groups is 1. The molecule has 0 spiro atoms. The van der Waals surface area contributed by atoms with Crippen molar-refractivity contribution < 1.29 is 27.8 Å². The van der Waals surface area contributed by atoms with E-state index in [0.717, 1.165) is 23.3 Å². The molecule has 0 bridgehead atoms. The van der Waals surface area contributed by atoms with Crippen LogP contribution >= 0.6 is 0 Å². The summed E-state index contributed by atoms with van der Waals surface area (Å²) in [4.78, 5) is 13.8. The third-order valence-electron chi connectivity index (χ3n) is 6.04. The maximum atomic E-state index is 13.1. The number of esters is 1. The summed E-state index contributed by atoms with van der Waals surface area (Å²) in [6.45, 7) is 3.06. The Balaban J connectivity index is 1.91. The van der Waals surface area contributed by atoms with Crippen LogP contribution in [-0.4, -0.2) is 28.6 Å². The molecule has 0 saturated heterocycles. The monoisotopic (exact) mass is 511 g/mol. The Bertz CT molecular complexity index is 1070. The molecule has 0 aliphatic carbocycles. The SMILES string of the molecule is CCOC(=O)/C=C/CC[C@H]([C@@H](O)c1ccc(C(F)(F)F)cc1)N(Cc1ccccc1)Cc1ccccc1. The second kappa shape index (κ2) is 13.8. The van der Waals surface area contributed by atoms with Crippen molar-refractivity contribution in [2.24, 2.45) is 0 Å². The van der Waals surface area contributed by atoms with E-state index in [0.29, 0.717) is 31.5 Å². The lowest BCUT2D eigenvalue weighted by molar-refractivity contribution is -0.138. The summed E-state index contributed by atoms with van der Waals surface area (Å²) in [5.41, 5.74) is 1.73. The van der Waals surface area contributed by atoms with Crippen LogP contribution in [0.15, 0.2) is 97.1 Å². The smallest absolute Gasteiger partial charge is 0.416 e. The average molecular weight is 512 g/mol. The van der Waals surface area contributed by atoms with Gasteiger partial charge in [0, 0.05) is 25.2 Å². The number of ether oxygens (including phenoxy) is 1. The number of rotatable bonds is 12. The highest BCUT2D eigenvalue weighted by Crippen LogP contribution is 2.32. The van der Waals surface area contributed by atoms with E-state index < -0.39 is 29.9 Å². The van der Waals surface area contributed by atoms with Crippen molar-refractivity contribution in [3.05, 3.63) is 119 Å². The molecule has 3 aromatic rings. The standard InChI is InChI=1S/C30H32F3NO3/c1-2-37-28(35)16-10-9-15-27(29(36)25-17-19-26(20-18-25)30(31,32)33)34(21-23-11-5-3-6-12-23)22-24-13-7-4-8-14-24/h3-8,10-14,16-20,27,29,36H,2,9,15,21-22H2,1H3/b16-10+/t27-,29+/m1/s1. The molecule has 0 unspecified atom stereocenters. The molecule has 0 saturated carbocycles. The van der Waals surface area contributed by atoms with E-state index in [1.807, 2.05) is 60.7 Å². The van der Waals surface area contributed by atoms with Gasteiger partial charge in [-0.2, -0.15) is 13.2 Å². The van der Waals surface area contributed by atoms with Gasteiger partial charge in [-0.3, -0.25) is 4.90 Å². The first-order valence-electron chi connectivity index (χ1n) is 12.3. The quantitative estimate of drug-likeness (QED) is 0.217. The first kappa shape index (κ1) is 28.2. The summed E-state index contributed by atoms with van der Waals surface area (Å²) in [6.07, 6.45) is -1.49. The Morgan fingerprint density at radius 3 is 1.95 bits per heavy atom. The Hall–Kier alpha value is -3.42. The minimum Gasteiger partial charge on any atom is -0.463 e. The number of hydrogen-bond acceptors (Lipinski definition) is 4. The van der Waals surface area contributed by atoms with Crippen LogP contribution in [0.4, 0.5) is 13.2 Å². The van der Waals surface area contributed by atoms with Crippen LogP contribution in [0.3, 0.4) is 0 Å². The number of halogens is 3. The number of carbonyl (C=O) groups is 1. The van der Waals surface area contributed by atoms with Gasteiger partial charge >= 0.3 is 12.1 Å². The van der Waals surface area contributed by atoms with Crippen LogP contribution in [0.5, 0.6) is 0 Å². The van der Waals surface area contributed by atoms with Crippen molar-refractivity contribution in [2.45, 2.75) is 51.2 Å². The fourth-order valence-electron chi connectivity index (χ4n) is 4.19. The van der Waals surface area contributed by atoms with Crippen LogP contribution in [-0.2, 0) is 28.8 Å². The second-order valence-electron chi connectivity index (χ2n) is 8.74. The number of benzene rings is 3. The lowest BCUT2D eigenvalue weighted by Gasteiger charge is -2.35. The van der Waals surface area contributed by atoms with Gasteiger partial charge in [0.05, 0.1) is 18.3 Å². The zero-order valence-electron chi connectivity index (χ0n) is 20.8. The normalized spacial score (nSPS) is 13.6. The second-order valence-corrected chi connectivity index (χ2v) is 8.74. The molecular formula is C30H32F3NO3. The molecule has 4 nitrogen and oxygen atoms in total. The van der Waals surface area contributed by atoms with Gasteiger partial charge in [-0.1, -0.05) is 78.9 Å². The van der Waals surface area contributed by atoms with Crippen LogP contribution in [0.1, 0.15) is 48.1 Å². The highest BCUT2D eigenvalue weighted by atomic mass is 19.4. The molecule has 0 aliphatic rings. The van der Waals surface area contributed by atoms with E-state index in [1.54, 1.807) is 13.0 Å². The third kappa shape index (κ3) is 8.88. The summed E-state index contributed by atoms with van der Waals surface area (Å²) >= 11 is 0. The van der Waals surface area contributed by atoms with E-state index in [2.05, 4.69) is 4.90 Å². The molecule has 3 rings (SSSR count). The van der Waals surface area contributed by atoms with Gasteiger partial charge in [-0.15, -0.1) is 0 Å². The molecule has 2 atom stereocenters. The first-order valence-corrected chi connectivity index (χ1v) is 12.3. The summed E-state index contributed by atoms with van der Waals surface area (Å²) in [5, 5.41) is 11.5. The highest BCUT2D eigenvalue weighted by molar-refractivity contribution is 5.81. The van der Waals surface area contributed by atoms with Gasteiger partial charge < -0.3 is 9.84 Å². The highest BCUT2D eigenvalue weighted by Gasteiger charge is 2.32. The number of carbonyl (C=O) groups excluding carboxylic acids is 1. The van der Waals surface area contributed by atoms with Crippen molar-refractivity contribution in [3.8, 4) is 0 Å². The van der Waals surface area contributed by atoms with Gasteiger partial charge in [0.15, 0.2) is 0 Å². The molecule has 0 aromatic heterocycles. The zero-order valence-corrected chi connectivity index (χ0v) is 20.8. The summed E-state index contributed by atoms with van der Waals surface area (Å²) in [6, 6.07) is 23.8. The van der Waals surface area contributed by atoms with Gasteiger partial charge in [-0.25, -0.2) is 4.79 Å². The summed E-state index contributed by atoms with van der Waals surface area (Å²) < 4.78 is 44.2. The van der Waals surface area contributed by atoms with Crippen LogP contribution in [0.25, 0.3) is 0 Å². The summed E-state index contributed by atoms with van der Waals surface area (Å²) in [7, 11) is 0. The maximum Gasteiger partial charge on any atom is 0.416 e. The zero-order chi connectivity index (χ0) is 26.7. The van der Waals surface area contributed by atoms with Gasteiger partial charge in [0.25, 0.3) is 0 Å². The van der Waals surface area contributed by atoms with E-state index >= 15 is 0 Å². The Kier molecular flexibility index (Phi) is 10.5. The maximum absolute atomic E-state index is 13.1.